The maximum absolute atomic E-state index is 10.4. The van der Waals surface area contributed by atoms with Gasteiger partial charge in [0, 0.05) is 4.47 Å². The molecule has 2 rings (SSSR count). The summed E-state index contributed by atoms with van der Waals surface area (Å²) in [6.07, 6.45) is -0.568. The Morgan fingerprint density at radius 2 is 1.50 bits per heavy atom. The van der Waals surface area contributed by atoms with Crippen molar-refractivity contribution in [2.75, 3.05) is 0 Å². The molecule has 0 aliphatic carbocycles. The number of aliphatic hydroxyl groups excluding tert-OH is 1. The Labute approximate surface area is 117 Å². The monoisotopic (exact) mass is 304 g/mol. The lowest BCUT2D eigenvalue weighted by atomic mass is 9.96. The predicted octanol–water partition coefficient (Wildman–Crippen LogP) is 4.65. The Morgan fingerprint density at radius 1 is 0.889 bits per heavy atom. The van der Waals surface area contributed by atoms with Crippen LogP contribution in [0.3, 0.4) is 0 Å². The number of aliphatic hydroxyl groups is 1. The van der Waals surface area contributed by atoms with Crippen LogP contribution in [0.2, 0.25) is 0 Å². The van der Waals surface area contributed by atoms with Gasteiger partial charge in [0.25, 0.3) is 0 Å². The third-order valence-corrected chi connectivity index (χ3v) is 3.50. The molecule has 2 heteroatoms. The Hall–Kier alpha value is -1.12. The highest BCUT2D eigenvalue weighted by Crippen LogP contribution is 2.28. The normalized spacial score (nSPS) is 12.7. The van der Waals surface area contributed by atoms with Crippen molar-refractivity contribution in [2.45, 2.75) is 25.9 Å². The van der Waals surface area contributed by atoms with E-state index in [0.29, 0.717) is 5.92 Å². The molecule has 0 saturated heterocycles. The van der Waals surface area contributed by atoms with Crippen LogP contribution in [0, 0.1) is 0 Å². The van der Waals surface area contributed by atoms with Gasteiger partial charge in [-0.2, -0.15) is 0 Å². The molecule has 0 radical (unpaired) electrons. The SMILES string of the molecule is CC(C)c1cc(Br)cc(C(O)c2ccccc2)c1. The fraction of sp³-hybridized carbons (Fsp3) is 0.250. The van der Waals surface area contributed by atoms with E-state index in [0.717, 1.165) is 15.6 Å². The fourth-order valence-corrected chi connectivity index (χ4v) is 2.48. The zero-order valence-corrected chi connectivity index (χ0v) is 12.2. The number of hydrogen-bond donors (Lipinski definition) is 1. The van der Waals surface area contributed by atoms with E-state index in [1.165, 1.54) is 5.56 Å². The molecule has 0 amide bonds. The maximum Gasteiger partial charge on any atom is 0.104 e. The van der Waals surface area contributed by atoms with Gasteiger partial charge >= 0.3 is 0 Å². The molecule has 0 bridgehead atoms. The van der Waals surface area contributed by atoms with Gasteiger partial charge in [-0.05, 0) is 34.7 Å². The quantitative estimate of drug-likeness (QED) is 0.875. The summed E-state index contributed by atoms with van der Waals surface area (Å²) in [5.41, 5.74) is 3.08. The zero-order chi connectivity index (χ0) is 13.1. The van der Waals surface area contributed by atoms with Crippen molar-refractivity contribution in [3.05, 3.63) is 69.7 Å². The summed E-state index contributed by atoms with van der Waals surface area (Å²) < 4.78 is 1.01. The first-order valence-corrected chi connectivity index (χ1v) is 6.90. The highest BCUT2D eigenvalue weighted by atomic mass is 79.9. The Bertz CT molecular complexity index is 520. The molecule has 0 aliphatic heterocycles. The predicted molar refractivity (Wildman–Crippen MR) is 78.7 cm³/mol. The van der Waals surface area contributed by atoms with Crippen molar-refractivity contribution in [3.8, 4) is 0 Å². The lowest BCUT2D eigenvalue weighted by Crippen LogP contribution is -2.01. The Morgan fingerprint density at radius 3 is 2.11 bits per heavy atom. The highest BCUT2D eigenvalue weighted by Gasteiger charge is 2.12. The number of halogens is 1. The lowest BCUT2D eigenvalue weighted by molar-refractivity contribution is 0.220. The van der Waals surface area contributed by atoms with E-state index < -0.39 is 6.10 Å². The van der Waals surface area contributed by atoms with E-state index in [4.69, 9.17) is 0 Å². The molecule has 94 valence electrons. The molecule has 1 N–H and O–H groups in total. The smallest absolute Gasteiger partial charge is 0.104 e. The van der Waals surface area contributed by atoms with Crippen molar-refractivity contribution < 1.29 is 5.11 Å². The Kier molecular flexibility index (Phi) is 4.20. The molecule has 1 unspecified atom stereocenters. The van der Waals surface area contributed by atoms with Gasteiger partial charge in [-0.15, -0.1) is 0 Å². The zero-order valence-electron chi connectivity index (χ0n) is 10.6. The second kappa shape index (κ2) is 5.68. The first-order chi connectivity index (χ1) is 8.58. The van der Waals surface area contributed by atoms with Gasteiger partial charge in [0.2, 0.25) is 0 Å². The summed E-state index contributed by atoms with van der Waals surface area (Å²) in [5.74, 6) is 0.448. The largest absolute Gasteiger partial charge is 0.384 e. The molecule has 18 heavy (non-hydrogen) atoms. The maximum atomic E-state index is 10.4. The summed E-state index contributed by atoms with van der Waals surface area (Å²) in [5, 5.41) is 10.4. The lowest BCUT2D eigenvalue weighted by Gasteiger charge is -2.15. The first-order valence-electron chi connectivity index (χ1n) is 6.11. The molecule has 0 aromatic heterocycles. The fourth-order valence-electron chi connectivity index (χ4n) is 1.95. The molecule has 1 nitrogen and oxygen atoms in total. The van der Waals surface area contributed by atoms with Gasteiger partial charge in [-0.25, -0.2) is 0 Å². The van der Waals surface area contributed by atoms with Crippen molar-refractivity contribution in [1.29, 1.82) is 0 Å². The van der Waals surface area contributed by atoms with Gasteiger partial charge < -0.3 is 5.11 Å². The minimum absolute atomic E-state index is 0.448. The molecule has 0 spiro atoms. The molecule has 0 heterocycles. The van der Waals surface area contributed by atoms with E-state index >= 15 is 0 Å². The van der Waals surface area contributed by atoms with Crippen LogP contribution in [0.5, 0.6) is 0 Å². The van der Waals surface area contributed by atoms with Crippen molar-refractivity contribution in [2.24, 2.45) is 0 Å². The molecule has 0 saturated carbocycles. The van der Waals surface area contributed by atoms with Crippen molar-refractivity contribution in [1.82, 2.24) is 0 Å². The molecular formula is C16H17BrO. The average Bonchev–Trinajstić information content (AvgIpc) is 2.38. The van der Waals surface area contributed by atoms with Crippen molar-refractivity contribution >= 4 is 15.9 Å². The van der Waals surface area contributed by atoms with Crippen LogP contribution in [0.1, 0.15) is 42.6 Å². The molecule has 0 fully saturated rings. The minimum Gasteiger partial charge on any atom is -0.384 e. The topological polar surface area (TPSA) is 20.2 Å². The summed E-state index contributed by atoms with van der Waals surface area (Å²) in [7, 11) is 0. The molecule has 0 aliphatic rings. The second-order valence-electron chi connectivity index (χ2n) is 4.79. The van der Waals surface area contributed by atoms with Crippen LogP contribution >= 0.6 is 15.9 Å². The third kappa shape index (κ3) is 3.01. The van der Waals surface area contributed by atoms with Crippen LogP contribution < -0.4 is 0 Å². The Balaban J connectivity index is 2.39. The van der Waals surface area contributed by atoms with Crippen molar-refractivity contribution in [3.63, 3.8) is 0 Å². The van der Waals surface area contributed by atoms with E-state index in [2.05, 4.69) is 41.9 Å². The molecule has 1 atom stereocenters. The van der Waals surface area contributed by atoms with Gasteiger partial charge in [0.1, 0.15) is 6.10 Å². The van der Waals surface area contributed by atoms with Crippen LogP contribution in [0.25, 0.3) is 0 Å². The van der Waals surface area contributed by atoms with E-state index in [1.54, 1.807) is 0 Å². The number of rotatable bonds is 3. The van der Waals surface area contributed by atoms with Gasteiger partial charge in [-0.1, -0.05) is 66.2 Å². The van der Waals surface area contributed by atoms with Gasteiger partial charge in [0.05, 0.1) is 0 Å². The number of hydrogen-bond acceptors (Lipinski definition) is 1. The molecular weight excluding hydrogens is 288 g/mol. The van der Waals surface area contributed by atoms with Crippen LogP contribution in [-0.2, 0) is 0 Å². The standard InChI is InChI=1S/C16H17BrO/c1-11(2)13-8-14(10-15(17)9-13)16(18)12-6-4-3-5-7-12/h3-11,16,18H,1-2H3. The number of benzene rings is 2. The van der Waals surface area contributed by atoms with E-state index in [-0.39, 0.29) is 0 Å². The van der Waals surface area contributed by atoms with Gasteiger partial charge in [0.15, 0.2) is 0 Å². The summed E-state index contributed by atoms with van der Waals surface area (Å²) in [6, 6.07) is 15.9. The van der Waals surface area contributed by atoms with Crippen LogP contribution in [0.4, 0.5) is 0 Å². The van der Waals surface area contributed by atoms with Crippen LogP contribution in [0.15, 0.2) is 53.0 Å². The first kappa shape index (κ1) is 13.3. The van der Waals surface area contributed by atoms with Crippen LogP contribution in [-0.4, -0.2) is 5.11 Å². The van der Waals surface area contributed by atoms with E-state index in [1.807, 2.05) is 36.4 Å². The minimum atomic E-state index is -0.568. The highest BCUT2D eigenvalue weighted by molar-refractivity contribution is 9.10. The van der Waals surface area contributed by atoms with Gasteiger partial charge in [-0.3, -0.25) is 0 Å². The third-order valence-electron chi connectivity index (χ3n) is 3.04. The molecule has 2 aromatic rings. The second-order valence-corrected chi connectivity index (χ2v) is 5.70. The summed E-state index contributed by atoms with van der Waals surface area (Å²) >= 11 is 3.51. The molecule has 2 aromatic carbocycles. The average molecular weight is 305 g/mol. The summed E-state index contributed by atoms with van der Waals surface area (Å²) in [6.45, 7) is 4.31. The van der Waals surface area contributed by atoms with E-state index in [9.17, 15) is 5.11 Å². The summed E-state index contributed by atoms with van der Waals surface area (Å²) in [4.78, 5) is 0.